The van der Waals surface area contributed by atoms with Crippen molar-refractivity contribution < 1.29 is 23.5 Å². The number of amides is 2. The van der Waals surface area contributed by atoms with Crippen LogP contribution in [0.25, 0.3) is 0 Å². The number of carbonyl (C=O) groups excluding carboxylic acids is 2. The minimum absolute atomic E-state index is 0.170. The van der Waals surface area contributed by atoms with Gasteiger partial charge in [0.1, 0.15) is 17.3 Å². The van der Waals surface area contributed by atoms with Gasteiger partial charge in [0.2, 0.25) is 0 Å². The van der Waals surface area contributed by atoms with Crippen LogP contribution in [0.2, 0.25) is 5.02 Å². The Kier molecular flexibility index (Phi) is 9.70. The summed E-state index contributed by atoms with van der Waals surface area (Å²) in [6.45, 7) is -0.445. The Morgan fingerprint density at radius 1 is 0.973 bits per heavy atom. The second kappa shape index (κ2) is 13.4. The number of benzene rings is 3. The number of hydrazone groups is 1. The Bertz CT molecular complexity index is 1250. The summed E-state index contributed by atoms with van der Waals surface area (Å²) < 4.78 is 24.4. The molecule has 1 fully saturated rings. The predicted octanol–water partition coefficient (Wildman–Crippen LogP) is 5.50. The van der Waals surface area contributed by atoms with Crippen LogP contribution in [0.4, 0.5) is 10.1 Å². The van der Waals surface area contributed by atoms with E-state index in [1.54, 1.807) is 18.2 Å². The smallest absolute Gasteiger partial charge is 0.277 e. The molecule has 1 aliphatic rings. The van der Waals surface area contributed by atoms with E-state index in [1.165, 1.54) is 36.0 Å². The molecule has 37 heavy (non-hydrogen) atoms. The number of ether oxygens (including phenoxy) is 2. The van der Waals surface area contributed by atoms with Gasteiger partial charge in [0.15, 0.2) is 13.2 Å². The molecular formula is C26H23ClFN3O4S2. The molecule has 0 unspecified atom stereocenters. The second-order valence-corrected chi connectivity index (χ2v) is 10.9. The number of anilines is 1. The number of hydrogen-bond donors (Lipinski definition) is 2. The maximum atomic E-state index is 13.0. The second-order valence-electron chi connectivity index (χ2n) is 7.76. The fraction of sp³-hybridized carbons (Fsp3) is 0.192. The monoisotopic (exact) mass is 559 g/mol. The lowest BCUT2D eigenvalue weighted by Gasteiger charge is -2.10. The van der Waals surface area contributed by atoms with Crippen LogP contribution in [-0.2, 0) is 9.59 Å². The molecule has 0 aromatic heterocycles. The van der Waals surface area contributed by atoms with Crippen LogP contribution in [0, 0.1) is 5.82 Å². The number of nitrogens with one attached hydrogen (secondary N) is 2. The topological polar surface area (TPSA) is 89.0 Å². The van der Waals surface area contributed by atoms with Crippen molar-refractivity contribution in [3.05, 3.63) is 88.7 Å². The molecule has 3 aromatic carbocycles. The van der Waals surface area contributed by atoms with Crippen molar-refractivity contribution in [3.63, 3.8) is 0 Å². The quantitative estimate of drug-likeness (QED) is 0.252. The van der Waals surface area contributed by atoms with E-state index in [2.05, 4.69) is 15.8 Å². The highest BCUT2D eigenvalue weighted by Gasteiger charge is 2.18. The van der Waals surface area contributed by atoms with Crippen LogP contribution in [0.5, 0.6) is 11.5 Å². The summed E-state index contributed by atoms with van der Waals surface area (Å²) >= 11 is 10.1. The molecule has 0 saturated carbocycles. The van der Waals surface area contributed by atoms with E-state index >= 15 is 0 Å². The molecule has 2 amide bonds. The SMILES string of the molecule is O=C(COc1ccc(C2SCCS2)cc1)N/N=C\c1ccc(OCC(=O)Nc2ccc(F)cc2)c(Cl)c1. The predicted molar refractivity (Wildman–Crippen MR) is 147 cm³/mol. The highest BCUT2D eigenvalue weighted by molar-refractivity contribution is 8.19. The van der Waals surface area contributed by atoms with Gasteiger partial charge >= 0.3 is 0 Å². The minimum atomic E-state index is -0.416. The molecule has 7 nitrogen and oxygen atoms in total. The molecule has 1 aliphatic heterocycles. The Labute approximate surface area is 227 Å². The lowest BCUT2D eigenvalue weighted by Crippen LogP contribution is -2.24. The van der Waals surface area contributed by atoms with Crippen molar-refractivity contribution in [2.24, 2.45) is 5.10 Å². The number of thioether (sulfide) groups is 2. The van der Waals surface area contributed by atoms with Gasteiger partial charge in [0.25, 0.3) is 11.8 Å². The van der Waals surface area contributed by atoms with Crippen molar-refractivity contribution in [2.45, 2.75) is 4.58 Å². The average molecular weight is 560 g/mol. The summed E-state index contributed by atoms with van der Waals surface area (Å²) in [5.41, 5.74) is 4.73. The molecule has 11 heteroatoms. The molecule has 2 N–H and O–H groups in total. The maximum Gasteiger partial charge on any atom is 0.277 e. The van der Waals surface area contributed by atoms with Crippen LogP contribution in [-0.4, -0.2) is 42.7 Å². The van der Waals surface area contributed by atoms with Gasteiger partial charge in [0, 0.05) is 17.2 Å². The Morgan fingerprint density at radius 2 is 1.68 bits per heavy atom. The molecule has 0 bridgehead atoms. The molecule has 192 valence electrons. The van der Waals surface area contributed by atoms with Crippen molar-refractivity contribution in [3.8, 4) is 11.5 Å². The van der Waals surface area contributed by atoms with Gasteiger partial charge in [-0.2, -0.15) is 5.10 Å². The Hall–Kier alpha value is -3.21. The van der Waals surface area contributed by atoms with Gasteiger partial charge in [0.05, 0.1) is 15.8 Å². The molecular weight excluding hydrogens is 537 g/mol. The first-order valence-corrected chi connectivity index (χ1v) is 13.7. The zero-order valence-corrected chi connectivity index (χ0v) is 21.9. The van der Waals surface area contributed by atoms with Gasteiger partial charge in [-0.25, -0.2) is 9.82 Å². The lowest BCUT2D eigenvalue weighted by molar-refractivity contribution is -0.123. The molecule has 1 saturated heterocycles. The zero-order chi connectivity index (χ0) is 26.0. The van der Waals surface area contributed by atoms with E-state index in [1.807, 2.05) is 47.8 Å². The van der Waals surface area contributed by atoms with Crippen LogP contribution in [0.1, 0.15) is 15.7 Å². The highest BCUT2D eigenvalue weighted by atomic mass is 35.5. The zero-order valence-electron chi connectivity index (χ0n) is 19.5. The Morgan fingerprint density at radius 3 is 2.38 bits per heavy atom. The minimum Gasteiger partial charge on any atom is -0.484 e. The van der Waals surface area contributed by atoms with Gasteiger partial charge in [-0.3, -0.25) is 9.59 Å². The van der Waals surface area contributed by atoms with Crippen LogP contribution in [0.15, 0.2) is 71.8 Å². The van der Waals surface area contributed by atoms with Gasteiger partial charge in [-0.1, -0.05) is 23.7 Å². The number of halogens is 2. The first kappa shape index (κ1) is 26.8. The first-order chi connectivity index (χ1) is 18.0. The summed E-state index contributed by atoms with van der Waals surface area (Å²) in [5, 5.41) is 6.78. The van der Waals surface area contributed by atoms with Crippen molar-refractivity contribution in [2.75, 3.05) is 30.0 Å². The molecule has 1 heterocycles. The van der Waals surface area contributed by atoms with Gasteiger partial charge < -0.3 is 14.8 Å². The number of hydrogen-bond acceptors (Lipinski definition) is 7. The highest BCUT2D eigenvalue weighted by Crippen LogP contribution is 2.45. The van der Waals surface area contributed by atoms with Crippen molar-refractivity contribution >= 4 is 58.8 Å². The molecule has 0 radical (unpaired) electrons. The lowest BCUT2D eigenvalue weighted by atomic mass is 10.2. The number of carbonyl (C=O) groups is 2. The third-order valence-corrected chi connectivity index (χ3v) is 8.39. The molecule has 0 aliphatic carbocycles. The summed E-state index contributed by atoms with van der Waals surface area (Å²) in [6, 6.07) is 18.0. The van der Waals surface area contributed by atoms with E-state index in [-0.39, 0.29) is 18.2 Å². The van der Waals surface area contributed by atoms with E-state index < -0.39 is 17.6 Å². The molecule has 4 rings (SSSR count). The standard InChI is InChI=1S/C26H23ClFN3O4S2/c27-22-13-17(1-10-23(22)35-15-24(32)30-20-6-4-19(28)5-7-20)14-29-31-25(33)16-34-21-8-2-18(3-9-21)26-36-11-12-37-26/h1-10,13-14,26H,11-12,15-16H2,(H,30,32)(H,31,33)/b29-14-. The van der Waals surface area contributed by atoms with Gasteiger partial charge in [-0.15, -0.1) is 23.5 Å². The average Bonchev–Trinajstić information content (AvgIpc) is 3.44. The van der Waals surface area contributed by atoms with Crippen LogP contribution in [0.3, 0.4) is 0 Å². The molecule has 0 spiro atoms. The molecule has 3 aromatic rings. The summed E-state index contributed by atoms with van der Waals surface area (Å²) in [7, 11) is 0. The number of nitrogens with zero attached hydrogens (tertiary/aromatic N) is 1. The summed E-state index contributed by atoms with van der Waals surface area (Å²) in [5.74, 6) is 2.04. The van der Waals surface area contributed by atoms with Gasteiger partial charge in [-0.05, 0) is 65.7 Å². The largest absolute Gasteiger partial charge is 0.484 e. The third kappa shape index (κ3) is 8.41. The summed E-state index contributed by atoms with van der Waals surface area (Å²) in [4.78, 5) is 24.1. The molecule has 0 atom stereocenters. The van der Waals surface area contributed by atoms with E-state index in [0.29, 0.717) is 27.3 Å². The first-order valence-electron chi connectivity index (χ1n) is 11.2. The summed E-state index contributed by atoms with van der Waals surface area (Å²) in [6.07, 6.45) is 1.43. The van der Waals surface area contributed by atoms with Crippen LogP contribution >= 0.6 is 35.1 Å². The fourth-order valence-electron chi connectivity index (χ4n) is 3.22. The fourth-order valence-corrected chi connectivity index (χ4v) is 6.32. The van der Waals surface area contributed by atoms with Crippen LogP contribution < -0.4 is 20.2 Å². The van der Waals surface area contributed by atoms with E-state index in [0.717, 1.165) is 11.5 Å². The van der Waals surface area contributed by atoms with Crippen molar-refractivity contribution in [1.29, 1.82) is 0 Å². The third-order valence-electron chi connectivity index (χ3n) is 4.99. The number of rotatable bonds is 10. The van der Waals surface area contributed by atoms with E-state index in [9.17, 15) is 14.0 Å². The Balaban J connectivity index is 1.18. The normalized spacial score (nSPS) is 13.5. The van der Waals surface area contributed by atoms with E-state index in [4.69, 9.17) is 21.1 Å². The van der Waals surface area contributed by atoms with Crippen molar-refractivity contribution in [1.82, 2.24) is 5.43 Å². The maximum absolute atomic E-state index is 13.0.